The number of hydrogen-bond donors (Lipinski definition) is 1. The SMILES string of the molecule is CCCn1ncnc1CC(N)c1c(F)cc(Br)cc1F. The number of halogens is 3. The van der Waals surface area contributed by atoms with Gasteiger partial charge in [0.25, 0.3) is 0 Å². The fourth-order valence-electron chi connectivity index (χ4n) is 2.05. The van der Waals surface area contributed by atoms with Gasteiger partial charge in [-0.15, -0.1) is 0 Å². The molecule has 0 spiro atoms. The highest BCUT2D eigenvalue weighted by Gasteiger charge is 2.20. The van der Waals surface area contributed by atoms with Crippen molar-refractivity contribution >= 4 is 15.9 Å². The average Bonchev–Trinajstić information content (AvgIpc) is 2.75. The van der Waals surface area contributed by atoms with Gasteiger partial charge < -0.3 is 5.73 Å². The third-order valence-corrected chi connectivity index (χ3v) is 3.41. The van der Waals surface area contributed by atoms with Crippen molar-refractivity contribution < 1.29 is 8.78 Å². The molecule has 20 heavy (non-hydrogen) atoms. The first-order chi connectivity index (χ1) is 9.52. The van der Waals surface area contributed by atoms with E-state index in [0.29, 0.717) is 16.8 Å². The Morgan fingerprint density at radius 1 is 1.35 bits per heavy atom. The van der Waals surface area contributed by atoms with E-state index in [0.717, 1.165) is 6.42 Å². The molecule has 4 nitrogen and oxygen atoms in total. The van der Waals surface area contributed by atoms with Gasteiger partial charge in [-0.05, 0) is 18.6 Å². The Bertz CT molecular complexity index is 577. The Hall–Kier alpha value is -1.34. The van der Waals surface area contributed by atoms with E-state index in [2.05, 4.69) is 26.0 Å². The first-order valence-corrected chi connectivity index (χ1v) is 7.09. The van der Waals surface area contributed by atoms with Gasteiger partial charge in [-0.3, -0.25) is 4.68 Å². The Morgan fingerprint density at radius 3 is 2.60 bits per heavy atom. The normalized spacial score (nSPS) is 12.7. The Kier molecular flexibility index (Phi) is 4.82. The van der Waals surface area contributed by atoms with Crippen LogP contribution in [0.25, 0.3) is 0 Å². The minimum Gasteiger partial charge on any atom is -0.323 e. The molecule has 0 saturated heterocycles. The molecule has 1 aromatic heterocycles. The topological polar surface area (TPSA) is 56.7 Å². The van der Waals surface area contributed by atoms with Gasteiger partial charge in [0.05, 0.1) is 0 Å². The number of aromatic nitrogens is 3. The highest BCUT2D eigenvalue weighted by molar-refractivity contribution is 9.10. The highest BCUT2D eigenvalue weighted by atomic mass is 79.9. The van der Waals surface area contributed by atoms with Crippen molar-refractivity contribution in [3.8, 4) is 0 Å². The van der Waals surface area contributed by atoms with Gasteiger partial charge in [0.15, 0.2) is 0 Å². The summed E-state index contributed by atoms with van der Waals surface area (Å²) in [5, 5.41) is 4.07. The summed E-state index contributed by atoms with van der Waals surface area (Å²) in [5.74, 6) is -0.696. The summed E-state index contributed by atoms with van der Waals surface area (Å²) in [4.78, 5) is 4.09. The molecule has 1 unspecified atom stereocenters. The summed E-state index contributed by atoms with van der Waals surface area (Å²) in [7, 11) is 0. The third kappa shape index (κ3) is 3.21. The molecule has 1 aromatic carbocycles. The van der Waals surface area contributed by atoms with E-state index in [-0.39, 0.29) is 12.0 Å². The summed E-state index contributed by atoms with van der Waals surface area (Å²) in [6.45, 7) is 2.72. The zero-order chi connectivity index (χ0) is 14.7. The van der Waals surface area contributed by atoms with Crippen molar-refractivity contribution in [2.45, 2.75) is 32.4 Å². The minimum atomic E-state index is -0.803. The predicted molar refractivity (Wildman–Crippen MR) is 75.0 cm³/mol. The second kappa shape index (κ2) is 6.41. The number of aryl methyl sites for hydroxylation is 1. The van der Waals surface area contributed by atoms with Gasteiger partial charge in [0, 0.05) is 29.0 Å². The van der Waals surface area contributed by atoms with Crippen LogP contribution in [0.15, 0.2) is 22.9 Å². The lowest BCUT2D eigenvalue weighted by atomic mass is 10.0. The molecule has 1 atom stereocenters. The number of rotatable bonds is 5. The number of nitrogens with zero attached hydrogens (tertiary/aromatic N) is 3. The minimum absolute atomic E-state index is 0.126. The Labute approximate surface area is 124 Å². The molecule has 0 aliphatic rings. The van der Waals surface area contributed by atoms with Crippen LogP contribution in [-0.2, 0) is 13.0 Å². The second-order valence-electron chi connectivity index (χ2n) is 4.49. The van der Waals surface area contributed by atoms with Gasteiger partial charge in [-0.25, -0.2) is 13.8 Å². The molecule has 0 radical (unpaired) electrons. The van der Waals surface area contributed by atoms with Crippen LogP contribution in [0.2, 0.25) is 0 Å². The smallest absolute Gasteiger partial charge is 0.138 e. The molecule has 1 heterocycles. The number of hydrogen-bond acceptors (Lipinski definition) is 3. The summed E-state index contributed by atoms with van der Waals surface area (Å²) in [6, 6.07) is 1.60. The summed E-state index contributed by atoms with van der Waals surface area (Å²) in [6.07, 6.45) is 2.55. The lowest BCUT2D eigenvalue weighted by Gasteiger charge is -2.14. The van der Waals surface area contributed by atoms with Gasteiger partial charge in [-0.2, -0.15) is 5.10 Å². The summed E-state index contributed by atoms with van der Waals surface area (Å²) >= 11 is 3.04. The van der Waals surface area contributed by atoms with E-state index in [1.165, 1.54) is 18.5 Å². The maximum Gasteiger partial charge on any atom is 0.138 e. The van der Waals surface area contributed by atoms with E-state index in [1.807, 2.05) is 6.92 Å². The van der Waals surface area contributed by atoms with E-state index in [4.69, 9.17) is 5.73 Å². The van der Waals surface area contributed by atoms with E-state index in [9.17, 15) is 8.78 Å². The Balaban J connectivity index is 2.24. The molecule has 108 valence electrons. The van der Waals surface area contributed by atoms with Gasteiger partial charge in [0.1, 0.15) is 23.8 Å². The van der Waals surface area contributed by atoms with Crippen LogP contribution >= 0.6 is 15.9 Å². The molecule has 2 aromatic rings. The molecule has 2 N–H and O–H groups in total. The maximum atomic E-state index is 13.8. The van der Waals surface area contributed by atoms with Crippen molar-refractivity contribution in [2.24, 2.45) is 5.73 Å². The standard InChI is InChI=1S/C13H15BrF2N4/c1-2-3-20-12(18-7-19-20)6-11(17)13-9(15)4-8(14)5-10(13)16/h4-5,7,11H,2-3,6,17H2,1H3. The molecular formula is C13H15BrF2N4. The van der Waals surface area contributed by atoms with Crippen LogP contribution in [0.4, 0.5) is 8.78 Å². The van der Waals surface area contributed by atoms with Crippen LogP contribution in [-0.4, -0.2) is 14.8 Å². The first-order valence-electron chi connectivity index (χ1n) is 6.29. The van der Waals surface area contributed by atoms with E-state index >= 15 is 0 Å². The van der Waals surface area contributed by atoms with Crippen LogP contribution < -0.4 is 5.73 Å². The highest BCUT2D eigenvalue weighted by Crippen LogP contribution is 2.25. The zero-order valence-corrected chi connectivity index (χ0v) is 12.6. The van der Waals surface area contributed by atoms with Crippen LogP contribution in [0.5, 0.6) is 0 Å². The monoisotopic (exact) mass is 344 g/mol. The predicted octanol–water partition coefficient (Wildman–Crippen LogP) is 2.97. The fourth-order valence-corrected chi connectivity index (χ4v) is 2.45. The van der Waals surface area contributed by atoms with E-state index < -0.39 is 17.7 Å². The molecule has 0 fully saturated rings. The fraction of sp³-hybridized carbons (Fsp3) is 0.385. The quantitative estimate of drug-likeness (QED) is 0.907. The summed E-state index contributed by atoms with van der Waals surface area (Å²) in [5.41, 5.74) is 5.80. The average molecular weight is 345 g/mol. The molecule has 7 heteroatoms. The lowest BCUT2D eigenvalue weighted by molar-refractivity contribution is 0.503. The molecule has 0 aliphatic heterocycles. The van der Waals surface area contributed by atoms with Gasteiger partial charge in [-0.1, -0.05) is 22.9 Å². The van der Waals surface area contributed by atoms with Crippen LogP contribution in [0, 0.1) is 11.6 Å². The largest absolute Gasteiger partial charge is 0.323 e. The number of nitrogens with two attached hydrogens (primary N) is 1. The third-order valence-electron chi connectivity index (χ3n) is 2.95. The van der Waals surface area contributed by atoms with Crippen molar-refractivity contribution in [2.75, 3.05) is 0 Å². The van der Waals surface area contributed by atoms with Crippen molar-refractivity contribution in [3.05, 3.63) is 46.0 Å². The van der Waals surface area contributed by atoms with Crippen molar-refractivity contribution in [1.29, 1.82) is 0 Å². The van der Waals surface area contributed by atoms with Gasteiger partial charge >= 0.3 is 0 Å². The van der Waals surface area contributed by atoms with E-state index in [1.54, 1.807) is 4.68 Å². The van der Waals surface area contributed by atoms with Crippen LogP contribution in [0.1, 0.15) is 30.8 Å². The zero-order valence-electron chi connectivity index (χ0n) is 11.0. The number of benzene rings is 1. The summed E-state index contributed by atoms with van der Waals surface area (Å²) < 4.78 is 29.7. The molecule has 2 rings (SSSR count). The van der Waals surface area contributed by atoms with Gasteiger partial charge in [0.2, 0.25) is 0 Å². The second-order valence-corrected chi connectivity index (χ2v) is 5.41. The van der Waals surface area contributed by atoms with Crippen molar-refractivity contribution in [3.63, 3.8) is 0 Å². The first kappa shape index (κ1) is 15.1. The molecule has 0 bridgehead atoms. The molecular weight excluding hydrogens is 330 g/mol. The van der Waals surface area contributed by atoms with Crippen LogP contribution in [0.3, 0.4) is 0 Å². The maximum absolute atomic E-state index is 13.8. The molecule has 0 amide bonds. The Morgan fingerprint density at radius 2 is 2.00 bits per heavy atom. The lowest BCUT2D eigenvalue weighted by Crippen LogP contribution is -2.19. The molecule has 0 aliphatic carbocycles. The molecule has 0 saturated carbocycles. The van der Waals surface area contributed by atoms with Crippen molar-refractivity contribution in [1.82, 2.24) is 14.8 Å².